The van der Waals surface area contributed by atoms with Crippen LogP contribution in [-0.2, 0) is 11.2 Å². The SMILES string of the molecule is CCC.CN(C(=O)Cc1ccc(Cl)c(Cl)c1)C(c1ccccc1)N1CCCC1. The van der Waals surface area contributed by atoms with Gasteiger partial charge in [0.2, 0.25) is 5.91 Å². The number of carbonyl (C=O) groups is 1. The molecule has 152 valence electrons. The van der Waals surface area contributed by atoms with Crippen LogP contribution in [0.5, 0.6) is 0 Å². The Labute approximate surface area is 179 Å². The summed E-state index contributed by atoms with van der Waals surface area (Å²) in [6, 6.07) is 15.6. The number of likely N-dealkylation sites (tertiary alicyclic amines) is 1. The number of hydrogen-bond donors (Lipinski definition) is 0. The van der Waals surface area contributed by atoms with Crippen molar-refractivity contribution in [1.29, 1.82) is 0 Å². The van der Waals surface area contributed by atoms with Gasteiger partial charge in [-0.05, 0) is 36.1 Å². The van der Waals surface area contributed by atoms with Gasteiger partial charge in [0.25, 0.3) is 0 Å². The molecule has 1 saturated heterocycles. The first-order valence-corrected chi connectivity index (χ1v) is 10.7. The number of nitrogens with zero attached hydrogens (tertiary/aromatic N) is 2. The molecule has 0 N–H and O–H groups in total. The van der Waals surface area contributed by atoms with E-state index in [2.05, 4.69) is 30.9 Å². The summed E-state index contributed by atoms with van der Waals surface area (Å²) in [5.41, 5.74) is 2.02. The van der Waals surface area contributed by atoms with Gasteiger partial charge in [-0.15, -0.1) is 0 Å². The van der Waals surface area contributed by atoms with E-state index in [0.29, 0.717) is 16.5 Å². The maximum Gasteiger partial charge on any atom is 0.228 e. The first-order chi connectivity index (χ1) is 13.5. The van der Waals surface area contributed by atoms with E-state index in [4.69, 9.17) is 23.2 Å². The third-order valence-electron chi connectivity index (χ3n) is 4.68. The summed E-state index contributed by atoms with van der Waals surface area (Å²) < 4.78 is 0. The summed E-state index contributed by atoms with van der Waals surface area (Å²) in [4.78, 5) is 17.1. The normalized spacial score (nSPS) is 14.9. The summed E-state index contributed by atoms with van der Waals surface area (Å²) in [5.74, 6) is 0.0687. The van der Waals surface area contributed by atoms with Crippen molar-refractivity contribution in [2.75, 3.05) is 20.1 Å². The first-order valence-electron chi connectivity index (χ1n) is 9.96. The zero-order chi connectivity index (χ0) is 20.5. The van der Waals surface area contributed by atoms with Gasteiger partial charge in [-0.1, -0.05) is 79.9 Å². The molecule has 5 heteroatoms. The molecule has 1 fully saturated rings. The Balaban J connectivity index is 0.000000878. The predicted molar refractivity (Wildman–Crippen MR) is 119 cm³/mol. The molecule has 1 aliphatic rings. The fraction of sp³-hybridized carbons (Fsp3) is 0.435. The average molecular weight is 421 g/mol. The van der Waals surface area contributed by atoms with Crippen molar-refractivity contribution < 1.29 is 4.79 Å². The number of halogens is 2. The van der Waals surface area contributed by atoms with Crippen LogP contribution in [0.3, 0.4) is 0 Å². The quantitative estimate of drug-likeness (QED) is 0.574. The Morgan fingerprint density at radius 2 is 1.64 bits per heavy atom. The van der Waals surface area contributed by atoms with E-state index in [0.717, 1.165) is 24.2 Å². The maximum atomic E-state index is 12.9. The number of rotatable bonds is 5. The zero-order valence-electron chi connectivity index (χ0n) is 17.0. The molecule has 2 aromatic carbocycles. The largest absolute Gasteiger partial charge is 0.325 e. The molecule has 0 aliphatic carbocycles. The van der Waals surface area contributed by atoms with Crippen molar-refractivity contribution >= 4 is 29.1 Å². The molecule has 0 saturated carbocycles. The van der Waals surface area contributed by atoms with E-state index in [1.807, 2.05) is 36.2 Å². The molecular formula is C23H30Cl2N2O. The molecular weight excluding hydrogens is 391 g/mol. The lowest BCUT2D eigenvalue weighted by molar-refractivity contribution is -0.135. The Hall–Kier alpha value is -1.55. The lowest BCUT2D eigenvalue weighted by atomic mass is 10.1. The molecule has 1 heterocycles. The van der Waals surface area contributed by atoms with Crippen molar-refractivity contribution in [3.05, 3.63) is 69.7 Å². The average Bonchev–Trinajstić information content (AvgIpc) is 3.20. The molecule has 1 unspecified atom stereocenters. The summed E-state index contributed by atoms with van der Waals surface area (Å²) in [7, 11) is 1.88. The van der Waals surface area contributed by atoms with Crippen molar-refractivity contribution in [3.63, 3.8) is 0 Å². The third kappa shape index (κ3) is 6.23. The van der Waals surface area contributed by atoms with Crippen molar-refractivity contribution in [1.82, 2.24) is 9.80 Å². The Kier molecular flexibility index (Phi) is 9.30. The van der Waals surface area contributed by atoms with E-state index in [9.17, 15) is 4.79 Å². The number of hydrogen-bond acceptors (Lipinski definition) is 2. The van der Waals surface area contributed by atoms with Gasteiger partial charge in [-0.2, -0.15) is 0 Å². The smallest absolute Gasteiger partial charge is 0.228 e. The summed E-state index contributed by atoms with van der Waals surface area (Å²) >= 11 is 12.0. The molecule has 1 atom stereocenters. The Bertz CT molecular complexity index is 746. The van der Waals surface area contributed by atoms with E-state index in [-0.39, 0.29) is 12.1 Å². The Morgan fingerprint density at radius 1 is 1.04 bits per heavy atom. The van der Waals surface area contributed by atoms with Crippen LogP contribution in [0.1, 0.15) is 50.4 Å². The summed E-state index contributed by atoms with van der Waals surface area (Å²) in [6.07, 6.45) is 3.89. The highest BCUT2D eigenvalue weighted by molar-refractivity contribution is 6.42. The van der Waals surface area contributed by atoms with Gasteiger partial charge < -0.3 is 4.90 Å². The molecule has 2 aromatic rings. The molecule has 3 rings (SSSR count). The molecule has 3 nitrogen and oxygen atoms in total. The van der Waals surface area contributed by atoms with Gasteiger partial charge >= 0.3 is 0 Å². The molecule has 0 spiro atoms. The van der Waals surface area contributed by atoms with Crippen molar-refractivity contribution in [2.45, 2.75) is 45.7 Å². The van der Waals surface area contributed by atoms with E-state index >= 15 is 0 Å². The monoisotopic (exact) mass is 420 g/mol. The second-order valence-corrected chi connectivity index (χ2v) is 7.98. The second kappa shape index (κ2) is 11.5. The fourth-order valence-electron chi connectivity index (χ4n) is 3.38. The second-order valence-electron chi connectivity index (χ2n) is 7.16. The van der Waals surface area contributed by atoms with Crippen molar-refractivity contribution in [3.8, 4) is 0 Å². The Morgan fingerprint density at radius 3 is 2.21 bits per heavy atom. The minimum Gasteiger partial charge on any atom is -0.325 e. The van der Waals surface area contributed by atoms with Crippen LogP contribution in [-0.4, -0.2) is 35.8 Å². The van der Waals surface area contributed by atoms with Gasteiger partial charge in [0.15, 0.2) is 0 Å². The number of benzene rings is 2. The lowest BCUT2D eigenvalue weighted by Crippen LogP contribution is -2.42. The summed E-state index contributed by atoms with van der Waals surface area (Å²) in [5, 5.41) is 0.985. The number of amides is 1. The highest BCUT2D eigenvalue weighted by Gasteiger charge is 2.29. The summed E-state index contributed by atoms with van der Waals surface area (Å²) in [6.45, 7) is 6.29. The standard InChI is InChI=1S/C20H22Cl2N2O.C3H8/c1-23(19(25)14-15-9-10-17(21)18(22)13-15)20(24-11-5-6-12-24)16-7-3-2-4-8-16;1-3-2/h2-4,7-10,13,20H,5-6,11-12,14H2,1H3;3H2,1-2H3. The molecule has 1 amide bonds. The zero-order valence-corrected chi connectivity index (χ0v) is 18.5. The fourth-order valence-corrected chi connectivity index (χ4v) is 3.70. The number of likely N-dealkylation sites (N-methyl/N-ethyl adjacent to an activating group) is 1. The van der Waals surface area contributed by atoms with E-state index in [1.165, 1.54) is 19.3 Å². The van der Waals surface area contributed by atoms with Gasteiger partial charge in [-0.3, -0.25) is 9.69 Å². The molecule has 0 bridgehead atoms. The topological polar surface area (TPSA) is 23.6 Å². The minimum atomic E-state index is -0.0287. The maximum absolute atomic E-state index is 12.9. The van der Waals surface area contributed by atoms with Crippen LogP contribution in [0.2, 0.25) is 10.0 Å². The molecule has 1 aliphatic heterocycles. The van der Waals surface area contributed by atoms with Crippen LogP contribution in [0.4, 0.5) is 0 Å². The highest BCUT2D eigenvalue weighted by atomic mass is 35.5. The van der Waals surface area contributed by atoms with Crippen LogP contribution in [0.25, 0.3) is 0 Å². The van der Waals surface area contributed by atoms with Gasteiger partial charge in [-0.25, -0.2) is 0 Å². The lowest BCUT2D eigenvalue weighted by Gasteiger charge is -2.36. The first kappa shape index (κ1) is 22.7. The van der Waals surface area contributed by atoms with Crippen molar-refractivity contribution in [2.24, 2.45) is 0 Å². The molecule has 0 aromatic heterocycles. The van der Waals surface area contributed by atoms with Gasteiger partial charge in [0.05, 0.1) is 16.5 Å². The van der Waals surface area contributed by atoms with Crippen LogP contribution in [0, 0.1) is 0 Å². The highest BCUT2D eigenvalue weighted by Crippen LogP contribution is 2.29. The third-order valence-corrected chi connectivity index (χ3v) is 5.42. The van der Waals surface area contributed by atoms with Gasteiger partial charge in [0.1, 0.15) is 6.17 Å². The molecule has 0 radical (unpaired) electrons. The van der Waals surface area contributed by atoms with Crippen LogP contribution < -0.4 is 0 Å². The predicted octanol–water partition coefficient (Wildman–Crippen LogP) is 6.21. The molecule has 28 heavy (non-hydrogen) atoms. The van der Waals surface area contributed by atoms with E-state index in [1.54, 1.807) is 12.1 Å². The van der Waals surface area contributed by atoms with Gasteiger partial charge in [0, 0.05) is 20.1 Å². The number of carbonyl (C=O) groups excluding carboxylic acids is 1. The minimum absolute atomic E-state index is 0.0287. The van der Waals surface area contributed by atoms with Crippen LogP contribution >= 0.6 is 23.2 Å². The van der Waals surface area contributed by atoms with E-state index < -0.39 is 0 Å². The van der Waals surface area contributed by atoms with Crippen LogP contribution in [0.15, 0.2) is 48.5 Å².